The molecule has 1 N–H and O–H groups in total. The summed E-state index contributed by atoms with van der Waals surface area (Å²) in [5.74, 6) is 1.56. The summed E-state index contributed by atoms with van der Waals surface area (Å²) in [6.07, 6.45) is 3.34. The lowest BCUT2D eigenvalue weighted by Crippen LogP contribution is -2.54. The highest BCUT2D eigenvalue weighted by molar-refractivity contribution is 5.97. The van der Waals surface area contributed by atoms with Gasteiger partial charge in [-0.3, -0.25) is 9.69 Å². The Labute approximate surface area is 249 Å². The van der Waals surface area contributed by atoms with Crippen LogP contribution >= 0.6 is 0 Å². The number of rotatable bonds is 7. The molecule has 2 aliphatic heterocycles. The summed E-state index contributed by atoms with van der Waals surface area (Å²) >= 11 is 0. The van der Waals surface area contributed by atoms with E-state index >= 15 is 0 Å². The molecule has 7 nitrogen and oxygen atoms in total. The van der Waals surface area contributed by atoms with Gasteiger partial charge in [0.1, 0.15) is 0 Å². The number of piperazine rings is 1. The van der Waals surface area contributed by atoms with Crippen LogP contribution in [0.2, 0.25) is 0 Å². The maximum Gasteiger partial charge on any atom is 0.253 e. The van der Waals surface area contributed by atoms with Crippen LogP contribution in [0.25, 0.3) is 33.3 Å². The Kier molecular flexibility index (Phi) is 8.22. The number of nitrogens with one attached hydrogen (secondary N) is 1. The second-order valence-electron chi connectivity index (χ2n) is 11.6. The van der Waals surface area contributed by atoms with Crippen molar-refractivity contribution in [1.29, 1.82) is 0 Å². The highest BCUT2D eigenvalue weighted by Crippen LogP contribution is 2.37. The van der Waals surface area contributed by atoms with Gasteiger partial charge in [0.2, 0.25) is 0 Å². The zero-order valence-electron chi connectivity index (χ0n) is 25.3. The largest absolute Gasteiger partial charge is 0.493 e. The molecule has 6 rings (SSSR count). The van der Waals surface area contributed by atoms with Crippen molar-refractivity contribution in [3.8, 4) is 33.9 Å². The molecule has 0 unspecified atom stereocenters. The number of carbonyl (C=O) groups is 1. The first-order valence-corrected chi connectivity index (χ1v) is 15.2. The number of amides is 1. The third-order valence-electron chi connectivity index (χ3n) is 9.18. The molecular formula is C35H42N4O3. The molecule has 2 aliphatic rings. The quantitative estimate of drug-likeness (QED) is 0.300. The fourth-order valence-corrected chi connectivity index (χ4v) is 6.70. The lowest BCUT2D eigenvalue weighted by atomic mass is 9.98. The molecule has 3 aromatic carbocycles. The van der Waals surface area contributed by atoms with Crippen molar-refractivity contribution < 1.29 is 14.3 Å². The van der Waals surface area contributed by atoms with Gasteiger partial charge in [0.25, 0.3) is 5.91 Å². The van der Waals surface area contributed by atoms with Gasteiger partial charge in [0.05, 0.1) is 14.2 Å². The molecule has 3 heterocycles. The van der Waals surface area contributed by atoms with E-state index in [0.29, 0.717) is 17.5 Å². The van der Waals surface area contributed by atoms with E-state index in [-0.39, 0.29) is 5.91 Å². The monoisotopic (exact) mass is 566 g/mol. The van der Waals surface area contributed by atoms with Crippen LogP contribution in [0.4, 0.5) is 0 Å². The van der Waals surface area contributed by atoms with Gasteiger partial charge in [-0.25, -0.2) is 0 Å². The van der Waals surface area contributed by atoms with Gasteiger partial charge in [-0.1, -0.05) is 25.1 Å². The third-order valence-corrected chi connectivity index (χ3v) is 9.18. The summed E-state index contributed by atoms with van der Waals surface area (Å²) in [4.78, 5) is 24.2. The minimum atomic E-state index is 0.132. The number of aryl methyl sites for hydroxylation is 1. The Hall–Kier alpha value is -3.81. The molecule has 2 saturated heterocycles. The van der Waals surface area contributed by atoms with E-state index in [9.17, 15) is 4.79 Å². The molecule has 0 radical (unpaired) electrons. The lowest BCUT2D eigenvalue weighted by molar-refractivity contribution is 0.0475. The summed E-state index contributed by atoms with van der Waals surface area (Å²) in [6, 6.07) is 21.3. The maximum atomic E-state index is 13.6. The SMILES string of the molecule is CCc1c(-c2ccc(OC)c(OC)c2)[nH]c2ccc(-c3cccc(C(=O)N4CCN(C5CCN(C)CC5)CC4)c3)cc12. The van der Waals surface area contributed by atoms with Crippen LogP contribution in [0.15, 0.2) is 60.7 Å². The lowest BCUT2D eigenvalue weighted by Gasteiger charge is -2.42. The van der Waals surface area contributed by atoms with Gasteiger partial charge in [-0.2, -0.15) is 0 Å². The number of aromatic amines is 1. The van der Waals surface area contributed by atoms with E-state index in [4.69, 9.17) is 9.47 Å². The van der Waals surface area contributed by atoms with Crippen LogP contribution in [0.5, 0.6) is 11.5 Å². The van der Waals surface area contributed by atoms with Crippen LogP contribution in [-0.2, 0) is 6.42 Å². The average Bonchev–Trinajstić information content (AvgIpc) is 3.42. The van der Waals surface area contributed by atoms with Crippen molar-refractivity contribution in [3.05, 3.63) is 71.8 Å². The second-order valence-corrected chi connectivity index (χ2v) is 11.6. The molecule has 0 atom stereocenters. The fourth-order valence-electron chi connectivity index (χ4n) is 6.70. The normalized spacial score (nSPS) is 17.1. The Morgan fingerprint density at radius 1 is 0.833 bits per heavy atom. The molecule has 220 valence electrons. The number of nitrogens with zero attached hydrogens (tertiary/aromatic N) is 3. The number of aromatic nitrogens is 1. The number of benzene rings is 3. The second kappa shape index (κ2) is 12.2. The Bertz CT molecular complexity index is 1560. The highest BCUT2D eigenvalue weighted by atomic mass is 16.5. The molecule has 4 aromatic rings. The van der Waals surface area contributed by atoms with E-state index in [1.807, 2.05) is 29.2 Å². The molecule has 42 heavy (non-hydrogen) atoms. The summed E-state index contributed by atoms with van der Waals surface area (Å²) < 4.78 is 11.0. The van der Waals surface area contributed by atoms with Crippen LogP contribution in [-0.4, -0.2) is 92.2 Å². The Morgan fingerprint density at radius 3 is 2.26 bits per heavy atom. The first-order valence-electron chi connectivity index (χ1n) is 15.2. The van der Waals surface area contributed by atoms with Crippen LogP contribution < -0.4 is 9.47 Å². The van der Waals surface area contributed by atoms with E-state index in [1.165, 1.54) is 36.9 Å². The van der Waals surface area contributed by atoms with Crippen molar-refractivity contribution in [1.82, 2.24) is 19.7 Å². The van der Waals surface area contributed by atoms with Crippen molar-refractivity contribution >= 4 is 16.8 Å². The van der Waals surface area contributed by atoms with Gasteiger partial charge in [0.15, 0.2) is 11.5 Å². The molecule has 0 aliphatic carbocycles. The average molecular weight is 567 g/mol. The van der Waals surface area contributed by atoms with Gasteiger partial charge >= 0.3 is 0 Å². The predicted octanol–water partition coefficient (Wildman–Crippen LogP) is 5.93. The number of ether oxygens (including phenoxy) is 2. The summed E-state index contributed by atoms with van der Waals surface area (Å²) in [5, 5.41) is 1.20. The zero-order valence-corrected chi connectivity index (χ0v) is 25.3. The molecule has 0 spiro atoms. The number of H-pyrrole nitrogens is 1. The first-order chi connectivity index (χ1) is 20.5. The highest BCUT2D eigenvalue weighted by Gasteiger charge is 2.28. The smallest absolute Gasteiger partial charge is 0.253 e. The van der Waals surface area contributed by atoms with Crippen LogP contribution in [0.3, 0.4) is 0 Å². The van der Waals surface area contributed by atoms with E-state index in [2.05, 4.69) is 65.2 Å². The molecule has 2 fully saturated rings. The zero-order chi connectivity index (χ0) is 29.2. The topological polar surface area (TPSA) is 61.0 Å². The number of fused-ring (bicyclic) bond motifs is 1. The number of likely N-dealkylation sites (tertiary alicyclic amines) is 1. The van der Waals surface area contributed by atoms with E-state index in [0.717, 1.165) is 66.1 Å². The molecule has 1 aromatic heterocycles. The Balaban J connectivity index is 1.22. The Morgan fingerprint density at radius 2 is 1.55 bits per heavy atom. The van der Waals surface area contributed by atoms with Crippen LogP contribution in [0, 0.1) is 0 Å². The fraction of sp³-hybridized carbons (Fsp3) is 0.400. The molecule has 0 saturated carbocycles. The number of methoxy groups -OCH3 is 2. The minimum absolute atomic E-state index is 0.132. The number of carbonyl (C=O) groups excluding carboxylic acids is 1. The predicted molar refractivity (Wildman–Crippen MR) is 170 cm³/mol. The van der Waals surface area contributed by atoms with Gasteiger partial charge in [0, 0.05) is 59.9 Å². The number of hydrogen-bond acceptors (Lipinski definition) is 5. The first kappa shape index (κ1) is 28.3. The van der Waals surface area contributed by atoms with Crippen molar-refractivity contribution in [2.75, 3.05) is 60.5 Å². The standard InChI is InChI=1S/C35H42N4O3/c1-5-29-30-22-25(9-11-31(30)36-34(29)26-10-12-32(41-3)33(23-26)42-4)24-7-6-8-27(21-24)35(40)39-19-17-38(18-20-39)28-13-15-37(2)16-14-28/h6-12,21-23,28,36H,5,13-20H2,1-4H3. The number of piperidine rings is 1. The maximum absolute atomic E-state index is 13.6. The van der Waals surface area contributed by atoms with Crippen molar-refractivity contribution in [3.63, 3.8) is 0 Å². The van der Waals surface area contributed by atoms with Crippen molar-refractivity contribution in [2.24, 2.45) is 0 Å². The summed E-state index contributed by atoms with van der Waals surface area (Å²) in [6.45, 7) is 8.04. The van der Waals surface area contributed by atoms with Gasteiger partial charge < -0.3 is 24.3 Å². The molecule has 7 heteroatoms. The van der Waals surface area contributed by atoms with Gasteiger partial charge in [-0.05, 0) is 98.6 Å². The van der Waals surface area contributed by atoms with Crippen molar-refractivity contribution in [2.45, 2.75) is 32.2 Å². The summed E-state index contributed by atoms with van der Waals surface area (Å²) in [5.41, 5.74) is 7.43. The summed E-state index contributed by atoms with van der Waals surface area (Å²) in [7, 11) is 5.52. The number of hydrogen-bond donors (Lipinski definition) is 1. The van der Waals surface area contributed by atoms with E-state index < -0.39 is 0 Å². The molecular weight excluding hydrogens is 524 g/mol. The molecule has 1 amide bonds. The van der Waals surface area contributed by atoms with Gasteiger partial charge in [-0.15, -0.1) is 0 Å². The molecule has 0 bridgehead atoms. The minimum Gasteiger partial charge on any atom is -0.493 e. The van der Waals surface area contributed by atoms with Crippen LogP contribution in [0.1, 0.15) is 35.7 Å². The van der Waals surface area contributed by atoms with E-state index in [1.54, 1.807) is 14.2 Å². The third kappa shape index (κ3) is 5.51.